The predicted molar refractivity (Wildman–Crippen MR) is 103 cm³/mol. The maximum Gasteiger partial charge on any atom is 0.246 e. The molecule has 0 amide bonds. The van der Waals surface area contributed by atoms with E-state index in [1.807, 2.05) is 4.90 Å². The van der Waals surface area contributed by atoms with Gasteiger partial charge < -0.3 is 10.0 Å². The normalized spacial score (nSPS) is 16.9. The number of rotatable bonds is 3. The second-order valence-electron chi connectivity index (χ2n) is 6.93. The minimum Gasteiger partial charge on any atom is -0.391 e. The number of benzene rings is 2. The molecule has 1 unspecified atom stereocenters. The Hall–Kier alpha value is -2.79. The number of aryl methyl sites for hydroxylation is 2. The van der Waals surface area contributed by atoms with Gasteiger partial charge in [0.15, 0.2) is 0 Å². The highest BCUT2D eigenvalue weighted by molar-refractivity contribution is 5.78. The zero-order chi connectivity index (χ0) is 18.1. The highest BCUT2D eigenvalue weighted by Gasteiger charge is 2.24. The molecule has 1 N–H and O–H groups in total. The Bertz CT molecular complexity index is 906. The van der Waals surface area contributed by atoms with Gasteiger partial charge in [-0.25, -0.2) is 4.98 Å². The van der Waals surface area contributed by atoms with Crippen LogP contribution < -0.4 is 4.90 Å². The first-order chi connectivity index (χ1) is 12.6. The number of β-amino-alcohol motifs (C(OH)–C–C–N with tert-alkyl or cyclic N) is 1. The summed E-state index contributed by atoms with van der Waals surface area (Å²) < 4.78 is 0. The van der Waals surface area contributed by atoms with Gasteiger partial charge in [0.1, 0.15) is 11.4 Å². The Labute approximate surface area is 153 Å². The molecule has 1 aliphatic heterocycles. The van der Waals surface area contributed by atoms with Crippen molar-refractivity contribution in [2.24, 2.45) is 0 Å². The maximum atomic E-state index is 9.82. The van der Waals surface area contributed by atoms with E-state index in [2.05, 4.69) is 72.6 Å². The molecule has 1 atom stereocenters. The van der Waals surface area contributed by atoms with Gasteiger partial charge in [-0.05, 0) is 20.3 Å². The quantitative estimate of drug-likeness (QED) is 0.788. The first-order valence-electron chi connectivity index (χ1n) is 8.92. The number of aliphatic hydroxyl groups excluding tert-OH is 1. The van der Waals surface area contributed by atoms with Crippen LogP contribution in [0.3, 0.4) is 0 Å². The lowest BCUT2D eigenvalue weighted by Crippen LogP contribution is -2.24. The third kappa shape index (κ3) is 3.30. The van der Waals surface area contributed by atoms with E-state index < -0.39 is 0 Å². The van der Waals surface area contributed by atoms with Crippen LogP contribution in [0.25, 0.3) is 22.5 Å². The fourth-order valence-corrected chi connectivity index (χ4v) is 3.19. The first-order valence-corrected chi connectivity index (χ1v) is 8.92. The lowest BCUT2D eigenvalue weighted by Gasteiger charge is -2.17. The van der Waals surface area contributed by atoms with E-state index in [0.29, 0.717) is 12.5 Å². The van der Waals surface area contributed by atoms with E-state index in [4.69, 9.17) is 4.98 Å². The molecule has 0 bridgehead atoms. The van der Waals surface area contributed by atoms with Gasteiger partial charge in [0, 0.05) is 24.2 Å². The van der Waals surface area contributed by atoms with Crippen LogP contribution in [0.5, 0.6) is 0 Å². The number of nitrogens with zero attached hydrogens (tertiary/aromatic N) is 4. The van der Waals surface area contributed by atoms with Gasteiger partial charge in [0.05, 0.1) is 6.10 Å². The van der Waals surface area contributed by atoms with Crippen molar-refractivity contribution >= 4 is 5.95 Å². The monoisotopic (exact) mass is 346 g/mol. The van der Waals surface area contributed by atoms with Crippen molar-refractivity contribution in [2.45, 2.75) is 26.4 Å². The van der Waals surface area contributed by atoms with Crippen LogP contribution >= 0.6 is 0 Å². The molecule has 5 heteroatoms. The molecule has 4 rings (SSSR count). The van der Waals surface area contributed by atoms with Crippen LogP contribution in [0.15, 0.2) is 48.5 Å². The van der Waals surface area contributed by atoms with Crippen LogP contribution in [-0.4, -0.2) is 39.5 Å². The molecule has 132 valence electrons. The molecular weight excluding hydrogens is 324 g/mol. The van der Waals surface area contributed by atoms with Gasteiger partial charge in [0.2, 0.25) is 5.95 Å². The van der Waals surface area contributed by atoms with E-state index in [1.54, 1.807) is 0 Å². The molecule has 5 nitrogen and oxygen atoms in total. The summed E-state index contributed by atoms with van der Waals surface area (Å²) in [5, 5.41) is 18.7. The molecule has 1 aliphatic rings. The van der Waals surface area contributed by atoms with Crippen molar-refractivity contribution in [3.05, 3.63) is 59.7 Å². The van der Waals surface area contributed by atoms with Crippen LogP contribution in [0.4, 0.5) is 5.95 Å². The molecule has 1 aromatic heterocycles. The van der Waals surface area contributed by atoms with Gasteiger partial charge in [-0.2, -0.15) is 0 Å². The second kappa shape index (κ2) is 6.84. The maximum absolute atomic E-state index is 9.82. The summed E-state index contributed by atoms with van der Waals surface area (Å²) in [6.45, 7) is 5.44. The van der Waals surface area contributed by atoms with E-state index in [0.717, 1.165) is 35.5 Å². The number of hydrogen-bond donors (Lipinski definition) is 1. The average Bonchev–Trinajstić information content (AvgIpc) is 3.09. The molecule has 0 aliphatic carbocycles. The fourth-order valence-electron chi connectivity index (χ4n) is 3.19. The van der Waals surface area contributed by atoms with Gasteiger partial charge in [0.25, 0.3) is 0 Å². The second-order valence-corrected chi connectivity index (χ2v) is 6.93. The van der Waals surface area contributed by atoms with Gasteiger partial charge >= 0.3 is 0 Å². The van der Waals surface area contributed by atoms with Crippen molar-refractivity contribution in [2.75, 3.05) is 18.0 Å². The third-order valence-corrected chi connectivity index (χ3v) is 4.77. The standard InChI is InChI=1S/C21H22N4O/c1-14-3-7-16(8-4-14)19-20(17-9-5-15(2)6-10-17)23-24-21(22-19)25-12-11-18(26)13-25/h3-10,18,26H,11-13H2,1-2H3. The summed E-state index contributed by atoms with van der Waals surface area (Å²) in [6.07, 6.45) is 0.418. The van der Waals surface area contributed by atoms with Crippen molar-refractivity contribution in [3.63, 3.8) is 0 Å². The molecular formula is C21H22N4O. The summed E-state index contributed by atoms with van der Waals surface area (Å²) in [5.41, 5.74) is 6.02. The van der Waals surface area contributed by atoms with Crippen molar-refractivity contribution in [1.29, 1.82) is 0 Å². The molecule has 0 spiro atoms. The summed E-state index contributed by atoms with van der Waals surface area (Å²) in [4.78, 5) is 6.82. The fraction of sp³-hybridized carbons (Fsp3) is 0.286. The van der Waals surface area contributed by atoms with Crippen molar-refractivity contribution in [3.8, 4) is 22.5 Å². The summed E-state index contributed by atoms with van der Waals surface area (Å²) in [5.74, 6) is 0.577. The summed E-state index contributed by atoms with van der Waals surface area (Å²) in [6, 6.07) is 16.5. The van der Waals surface area contributed by atoms with Crippen molar-refractivity contribution in [1.82, 2.24) is 15.2 Å². The first kappa shape index (κ1) is 16.7. The number of anilines is 1. The average molecular weight is 346 g/mol. The lowest BCUT2D eigenvalue weighted by molar-refractivity contribution is 0.198. The van der Waals surface area contributed by atoms with Gasteiger partial charge in [-0.1, -0.05) is 59.7 Å². The zero-order valence-electron chi connectivity index (χ0n) is 15.1. The Morgan fingerprint density at radius 1 is 0.846 bits per heavy atom. The van der Waals surface area contributed by atoms with E-state index >= 15 is 0 Å². The molecule has 2 heterocycles. The van der Waals surface area contributed by atoms with E-state index in [9.17, 15) is 5.11 Å². The van der Waals surface area contributed by atoms with E-state index in [-0.39, 0.29) is 6.10 Å². The van der Waals surface area contributed by atoms with Crippen molar-refractivity contribution < 1.29 is 5.11 Å². The molecule has 1 saturated heterocycles. The van der Waals surface area contributed by atoms with E-state index in [1.165, 1.54) is 11.1 Å². The predicted octanol–water partition coefficient (Wildman–Crippen LogP) is 3.39. The number of aromatic nitrogens is 3. The molecule has 3 aromatic rings. The van der Waals surface area contributed by atoms with Crippen LogP contribution in [0.1, 0.15) is 17.5 Å². The smallest absolute Gasteiger partial charge is 0.246 e. The number of aliphatic hydroxyl groups is 1. The van der Waals surface area contributed by atoms with Crippen LogP contribution in [0.2, 0.25) is 0 Å². The summed E-state index contributed by atoms with van der Waals surface area (Å²) in [7, 11) is 0. The minimum absolute atomic E-state index is 0.321. The highest BCUT2D eigenvalue weighted by atomic mass is 16.3. The van der Waals surface area contributed by atoms with Crippen LogP contribution in [-0.2, 0) is 0 Å². The third-order valence-electron chi connectivity index (χ3n) is 4.77. The molecule has 0 radical (unpaired) electrons. The largest absolute Gasteiger partial charge is 0.391 e. The molecule has 2 aromatic carbocycles. The summed E-state index contributed by atoms with van der Waals surface area (Å²) >= 11 is 0. The topological polar surface area (TPSA) is 62.1 Å². The highest BCUT2D eigenvalue weighted by Crippen LogP contribution is 2.30. The molecule has 26 heavy (non-hydrogen) atoms. The van der Waals surface area contributed by atoms with Gasteiger partial charge in [-0.3, -0.25) is 0 Å². The Balaban J connectivity index is 1.82. The zero-order valence-corrected chi connectivity index (χ0v) is 15.1. The SMILES string of the molecule is Cc1ccc(-c2nnc(N3CCC(O)C3)nc2-c2ccc(C)cc2)cc1. The Morgan fingerprint density at radius 3 is 1.96 bits per heavy atom. The molecule has 0 saturated carbocycles. The van der Waals surface area contributed by atoms with Crippen LogP contribution in [0, 0.1) is 13.8 Å². The molecule has 1 fully saturated rings. The Morgan fingerprint density at radius 2 is 1.42 bits per heavy atom. The lowest BCUT2D eigenvalue weighted by atomic mass is 10.0. The van der Waals surface area contributed by atoms with Gasteiger partial charge in [-0.15, -0.1) is 10.2 Å². The minimum atomic E-state index is -0.321. The number of hydrogen-bond acceptors (Lipinski definition) is 5. The Kier molecular flexibility index (Phi) is 4.39.